The summed E-state index contributed by atoms with van der Waals surface area (Å²) in [4.78, 5) is 0. The lowest BCUT2D eigenvalue weighted by atomic mass is 9.71. The molecule has 0 heterocycles. The van der Waals surface area contributed by atoms with Crippen molar-refractivity contribution in [3.05, 3.63) is 149 Å². The monoisotopic (exact) mass is 642 g/mol. The van der Waals surface area contributed by atoms with E-state index in [4.69, 9.17) is 0 Å². The van der Waals surface area contributed by atoms with Gasteiger partial charge in [0, 0.05) is 11.8 Å². The number of aryl methyl sites for hydroxylation is 8. The van der Waals surface area contributed by atoms with Gasteiger partial charge in [-0.15, -0.1) is 0 Å². The predicted molar refractivity (Wildman–Crippen MR) is 198 cm³/mol. The second-order valence-electron chi connectivity index (χ2n) is 14.2. The van der Waals surface area contributed by atoms with Gasteiger partial charge in [-0.3, -0.25) is 0 Å². The fraction of sp³-hybridized carbons (Fsp3) is 0.318. The van der Waals surface area contributed by atoms with Crippen molar-refractivity contribution in [1.82, 2.24) is 0 Å². The number of phenolic OH excluding ortho intramolecular Hbond substituents is 4. The van der Waals surface area contributed by atoms with Gasteiger partial charge in [0.2, 0.25) is 0 Å². The van der Waals surface area contributed by atoms with E-state index in [1.165, 1.54) is 33.4 Å². The maximum atomic E-state index is 10.6. The first-order valence-electron chi connectivity index (χ1n) is 16.7. The lowest BCUT2D eigenvalue weighted by molar-refractivity contribution is 0.469. The Hall–Kier alpha value is -4.70. The molecule has 0 aromatic heterocycles. The van der Waals surface area contributed by atoms with Crippen LogP contribution in [-0.2, 0) is 0 Å². The zero-order chi connectivity index (χ0) is 35.5. The topological polar surface area (TPSA) is 80.9 Å². The standard InChI is InChI=1S/C44H50O4/c1-21-17-37(45)25(5)13-33(21)43(34-14-26(6)38(46)18-22(34)2)41-29(9)31(11)42(32(12)30(41)10)44(35-15-27(7)39(47)19-23(35)3)36-16-28(8)40(48)20-24(36)4/h13-20,43-48H,1-12H3. The second-order valence-corrected chi connectivity index (χ2v) is 14.2. The van der Waals surface area contributed by atoms with Gasteiger partial charge >= 0.3 is 0 Å². The Morgan fingerprint density at radius 3 is 0.667 bits per heavy atom. The molecule has 0 spiro atoms. The van der Waals surface area contributed by atoms with E-state index in [1.807, 2.05) is 52.0 Å². The molecule has 5 aromatic rings. The second kappa shape index (κ2) is 12.7. The number of aromatic hydroxyl groups is 4. The molecule has 0 aliphatic heterocycles. The molecule has 48 heavy (non-hydrogen) atoms. The Bertz CT molecular complexity index is 1810. The zero-order valence-electron chi connectivity index (χ0n) is 30.6. The predicted octanol–water partition coefficient (Wildman–Crippen LogP) is 10.6. The molecule has 4 heteroatoms. The fourth-order valence-electron chi connectivity index (χ4n) is 7.73. The van der Waals surface area contributed by atoms with Gasteiger partial charge in [0.05, 0.1) is 0 Å². The van der Waals surface area contributed by atoms with Crippen molar-refractivity contribution in [2.45, 2.75) is 94.9 Å². The molecule has 0 bridgehead atoms. The van der Waals surface area contributed by atoms with Crippen LogP contribution in [0.5, 0.6) is 23.0 Å². The van der Waals surface area contributed by atoms with E-state index in [2.05, 4.69) is 79.7 Å². The van der Waals surface area contributed by atoms with Crippen LogP contribution in [0.4, 0.5) is 0 Å². The molecule has 4 N–H and O–H groups in total. The van der Waals surface area contributed by atoms with Gasteiger partial charge in [0.1, 0.15) is 23.0 Å². The van der Waals surface area contributed by atoms with Gasteiger partial charge in [-0.05, 0) is 207 Å². The third-order valence-corrected chi connectivity index (χ3v) is 10.9. The average Bonchev–Trinajstić information content (AvgIpc) is 3.01. The minimum atomic E-state index is -0.135. The van der Waals surface area contributed by atoms with E-state index < -0.39 is 0 Å². The van der Waals surface area contributed by atoms with Gasteiger partial charge in [-0.25, -0.2) is 0 Å². The summed E-state index contributed by atoms with van der Waals surface area (Å²) in [6, 6.07) is 15.9. The van der Waals surface area contributed by atoms with Crippen molar-refractivity contribution in [2.24, 2.45) is 0 Å². The SMILES string of the molecule is Cc1cc(C(c2cc(C)c(O)cc2C)c2c(C)c(C)c(C(c3cc(C)c(O)cc3C)c3cc(C)c(O)cc3C)c(C)c2C)c(C)cc1O. The number of hydrogen-bond donors (Lipinski definition) is 4. The summed E-state index contributed by atoms with van der Waals surface area (Å²) >= 11 is 0. The van der Waals surface area contributed by atoms with Crippen molar-refractivity contribution in [3.63, 3.8) is 0 Å². The molecule has 0 fully saturated rings. The molecular weight excluding hydrogens is 592 g/mol. The number of benzene rings is 5. The van der Waals surface area contributed by atoms with Crippen LogP contribution in [0.1, 0.15) is 112 Å². The summed E-state index contributed by atoms with van der Waals surface area (Å²) in [7, 11) is 0. The first kappa shape index (κ1) is 34.6. The molecule has 0 aliphatic rings. The van der Waals surface area contributed by atoms with Crippen molar-refractivity contribution in [3.8, 4) is 23.0 Å². The Balaban J connectivity index is 1.91. The highest BCUT2D eigenvalue weighted by molar-refractivity contribution is 5.65. The molecule has 0 atom stereocenters. The van der Waals surface area contributed by atoms with E-state index >= 15 is 0 Å². The largest absolute Gasteiger partial charge is 0.508 e. The van der Waals surface area contributed by atoms with E-state index in [-0.39, 0.29) is 34.8 Å². The normalized spacial score (nSPS) is 11.6. The molecule has 0 saturated carbocycles. The van der Waals surface area contributed by atoms with Gasteiger partial charge < -0.3 is 20.4 Å². The van der Waals surface area contributed by atoms with Crippen LogP contribution in [0.3, 0.4) is 0 Å². The summed E-state index contributed by atoms with van der Waals surface area (Å²) in [5.74, 6) is 0.865. The molecule has 0 aliphatic carbocycles. The van der Waals surface area contributed by atoms with E-state index in [1.54, 1.807) is 0 Å². The molecule has 0 radical (unpaired) electrons. The minimum Gasteiger partial charge on any atom is -0.508 e. The number of hydrogen-bond acceptors (Lipinski definition) is 4. The molecule has 250 valence electrons. The Labute approximate surface area is 286 Å². The Morgan fingerprint density at radius 2 is 0.479 bits per heavy atom. The molecule has 4 nitrogen and oxygen atoms in total. The fourth-order valence-corrected chi connectivity index (χ4v) is 7.73. The summed E-state index contributed by atoms with van der Waals surface area (Å²) in [5, 5.41) is 42.6. The van der Waals surface area contributed by atoms with Crippen LogP contribution in [0.15, 0.2) is 48.5 Å². The van der Waals surface area contributed by atoms with E-state index in [0.717, 1.165) is 66.8 Å². The summed E-state index contributed by atoms with van der Waals surface area (Å²) in [5.41, 5.74) is 19.1. The zero-order valence-corrected chi connectivity index (χ0v) is 30.6. The number of phenols is 4. The maximum Gasteiger partial charge on any atom is 0.118 e. The van der Waals surface area contributed by atoms with Crippen LogP contribution in [0, 0.1) is 83.1 Å². The van der Waals surface area contributed by atoms with Crippen molar-refractivity contribution >= 4 is 0 Å². The Kier molecular flexibility index (Phi) is 9.18. The first-order chi connectivity index (χ1) is 22.4. The molecule has 0 amide bonds. The third kappa shape index (κ3) is 5.83. The maximum absolute atomic E-state index is 10.6. The van der Waals surface area contributed by atoms with Crippen LogP contribution in [-0.4, -0.2) is 20.4 Å². The van der Waals surface area contributed by atoms with Crippen LogP contribution >= 0.6 is 0 Å². The molecule has 5 aromatic carbocycles. The smallest absolute Gasteiger partial charge is 0.118 e. The van der Waals surface area contributed by atoms with Gasteiger partial charge in [0.25, 0.3) is 0 Å². The minimum absolute atomic E-state index is 0.135. The van der Waals surface area contributed by atoms with Crippen molar-refractivity contribution < 1.29 is 20.4 Å². The van der Waals surface area contributed by atoms with Crippen molar-refractivity contribution in [1.29, 1.82) is 0 Å². The van der Waals surface area contributed by atoms with Crippen molar-refractivity contribution in [2.75, 3.05) is 0 Å². The van der Waals surface area contributed by atoms with Gasteiger partial charge in [-0.2, -0.15) is 0 Å². The third-order valence-electron chi connectivity index (χ3n) is 10.9. The molecule has 0 saturated heterocycles. The summed E-state index contributed by atoms with van der Waals surface area (Å²) < 4.78 is 0. The molecule has 0 unspecified atom stereocenters. The first-order valence-corrected chi connectivity index (χ1v) is 16.7. The van der Waals surface area contributed by atoms with Gasteiger partial charge in [-0.1, -0.05) is 24.3 Å². The Morgan fingerprint density at radius 1 is 0.292 bits per heavy atom. The van der Waals surface area contributed by atoms with E-state index in [0.29, 0.717) is 0 Å². The average molecular weight is 643 g/mol. The quantitative estimate of drug-likeness (QED) is 0.139. The molecule has 5 rings (SSSR count). The highest BCUT2D eigenvalue weighted by Crippen LogP contribution is 2.48. The lowest BCUT2D eigenvalue weighted by Crippen LogP contribution is -2.17. The molecular formula is C44H50O4. The van der Waals surface area contributed by atoms with Crippen LogP contribution in [0.25, 0.3) is 0 Å². The van der Waals surface area contributed by atoms with Crippen LogP contribution < -0.4 is 0 Å². The highest BCUT2D eigenvalue weighted by Gasteiger charge is 2.32. The number of rotatable bonds is 6. The van der Waals surface area contributed by atoms with Crippen LogP contribution in [0.2, 0.25) is 0 Å². The lowest BCUT2D eigenvalue weighted by Gasteiger charge is -2.33. The highest BCUT2D eigenvalue weighted by atomic mass is 16.3. The summed E-state index contributed by atoms with van der Waals surface area (Å²) in [6.07, 6.45) is 0. The van der Waals surface area contributed by atoms with Gasteiger partial charge in [0.15, 0.2) is 0 Å². The summed E-state index contributed by atoms with van der Waals surface area (Å²) in [6.45, 7) is 24.9. The van der Waals surface area contributed by atoms with E-state index in [9.17, 15) is 20.4 Å².